The smallest absolute Gasteiger partial charge is 0.119 e. The molecule has 1 saturated heterocycles. The summed E-state index contributed by atoms with van der Waals surface area (Å²) in [4.78, 5) is 2.34. The van der Waals surface area contributed by atoms with Crippen LogP contribution in [0.25, 0.3) is 0 Å². The molecule has 0 N–H and O–H groups in total. The van der Waals surface area contributed by atoms with Crippen molar-refractivity contribution in [3.05, 3.63) is 29.8 Å². The number of ether oxygens (including phenoxy) is 2. The van der Waals surface area contributed by atoms with Gasteiger partial charge in [-0.05, 0) is 31.9 Å². The molecule has 3 nitrogen and oxygen atoms in total. The van der Waals surface area contributed by atoms with E-state index in [0.717, 1.165) is 51.6 Å². The normalized spacial score (nSPS) is 17.0. The maximum atomic E-state index is 5.68. The number of benzene rings is 1. The molecule has 94 valence electrons. The highest BCUT2D eigenvalue weighted by Crippen LogP contribution is 2.11. The molecule has 2 rings (SSSR count). The summed E-state index contributed by atoms with van der Waals surface area (Å²) in [5.74, 6) is 0.963. The van der Waals surface area contributed by atoms with Crippen LogP contribution in [-0.2, 0) is 4.74 Å². The average Bonchev–Trinajstić information content (AvgIpc) is 2.38. The molecule has 0 saturated carbocycles. The lowest BCUT2D eigenvalue weighted by Gasteiger charge is -2.26. The largest absolute Gasteiger partial charge is 0.494 e. The molecule has 1 aliphatic heterocycles. The summed E-state index contributed by atoms with van der Waals surface area (Å²) in [5, 5.41) is 0. The van der Waals surface area contributed by atoms with Crippen molar-refractivity contribution < 1.29 is 9.47 Å². The van der Waals surface area contributed by atoms with Crippen molar-refractivity contribution in [2.24, 2.45) is 0 Å². The van der Waals surface area contributed by atoms with Crippen LogP contribution in [0, 0.1) is 6.92 Å². The van der Waals surface area contributed by atoms with E-state index in [9.17, 15) is 0 Å². The highest BCUT2D eigenvalue weighted by atomic mass is 16.5. The third kappa shape index (κ3) is 4.36. The van der Waals surface area contributed by atoms with Gasteiger partial charge in [0.25, 0.3) is 0 Å². The quantitative estimate of drug-likeness (QED) is 0.732. The fraction of sp³-hybridized carbons (Fsp3) is 0.571. The third-order valence-corrected chi connectivity index (χ3v) is 2.95. The first-order chi connectivity index (χ1) is 8.34. The molecule has 17 heavy (non-hydrogen) atoms. The van der Waals surface area contributed by atoms with Crippen LogP contribution >= 0.6 is 0 Å². The van der Waals surface area contributed by atoms with Crippen LogP contribution in [0.1, 0.15) is 18.4 Å². The third-order valence-electron chi connectivity index (χ3n) is 2.95. The molecule has 1 aromatic carbocycles. The van der Waals surface area contributed by atoms with Gasteiger partial charge in [-0.25, -0.2) is 0 Å². The van der Waals surface area contributed by atoms with E-state index in [2.05, 4.69) is 24.0 Å². The minimum absolute atomic E-state index is 0.777. The van der Waals surface area contributed by atoms with Crippen LogP contribution in [0.4, 0.5) is 0 Å². The van der Waals surface area contributed by atoms with Crippen molar-refractivity contribution >= 4 is 0 Å². The standard InChI is InChI=1S/C14H21NO2/c1-13-4-6-14(7-5-13)17-11-3-9-15-8-2-10-16-12-15/h4-7H,2-3,8-12H2,1H3. The van der Waals surface area contributed by atoms with Gasteiger partial charge in [-0.2, -0.15) is 0 Å². The lowest BCUT2D eigenvalue weighted by atomic mass is 10.2. The highest BCUT2D eigenvalue weighted by Gasteiger charge is 2.09. The van der Waals surface area contributed by atoms with Gasteiger partial charge in [-0.1, -0.05) is 17.7 Å². The van der Waals surface area contributed by atoms with Gasteiger partial charge in [0.1, 0.15) is 5.75 Å². The zero-order valence-electron chi connectivity index (χ0n) is 10.5. The molecule has 1 fully saturated rings. The van der Waals surface area contributed by atoms with Crippen molar-refractivity contribution in [1.29, 1.82) is 0 Å². The monoisotopic (exact) mass is 235 g/mol. The molecule has 1 aliphatic rings. The van der Waals surface area contributed by atoms with Gasteiger partial charge in [-0.15, -0.1) is 0 Å². The summed E-state index contributed by atoms with van der Waals surface area (Å²) in [7, 11) is 0. The zero-order valence-corrected chi connectivity index (χ0v) is 10.5. The molecule has 1 aromatic rings. The van der Waals surface area contributed by atoms with E-state index in [1.54, 1.807) is 0 Å². The van der Waals surface area contributed by atoms with Crippen molar-refractivity contribution in [2.45, 2.75) is 19.8 Å². The number of hydrogen-bond acceptors (Lipinski definition) is 3. The van der Waals surface area contributed by atoms with Crippen LogP contribution < -0.4 is 4.74 Å². The van der Waals surface area contributed by atoms with Gasteiger partial charge in [0.05, 0.1) is 13.3 Å². The summed E-state index contributed by atoms with van der Waals surface area (Å²) >= 11 is 0. The first-order valence-corrected chi connectivity index (χ1v) is 6.34. The highest BCUT2D eigenvalue weighted by molar-refractivity contribution is 5.26. The van der Waals surface area contributed by atoms with E-state index in [-0.39, 0.29) is 0 Å². The van der Waals surface area contributed by atoms with Crippen molar-refractivity contribution in [3.63, 3.8) is 0 Å². The lowest BCUT2D eigenvalue weighted by Crippen LogP contribution is -2.34. The number of rotatable bonds is 5. The molecule has 0 aromatic heterocycles. The van der Waals surface area contributed by atoms with Crippen molar-refractivity contribution in [3.8, 4) is 5.75 Å². The molecule has 0 atom stereocenters. The molecule has 0 unspecified atom stereocenters. The maximum Gasteiger partial charge on any atom is 0.119 e. The van der Waals surface area contributed by atoms with Gasteiger partial charge >= 0.3 is 0 Å². The topological polar surface area (TPSA) is 21.7 Å². The molecule has 0 bridgehead atoms. The Balaban J connectivity index is 1.60. The van der Waals surface area contributed by atoms with Crippen molar-refractivity contribution in [2.75, 3.05) is 33.0 Å². The Labute approximate surface area is 103 Å². The second-order valence-electron chi connectivity index (χ2n) is 4.52. The molecule has 0 aliphatic carbocycles. The molecule has 0 amide bonds. The van der Waals surface area contributed by atoms with E-state index in [4.69, 9.17) is 9.47 Å². The second-order valence-corrected chi connectivity index (χ2v) is 4.52. The SMILES string of the molecule is Cc1ccc(OCCCN2CCCOC2)cc1. The predicted molar refractivity (Wildman–Crippen MR) is 68.3 cm³/mol. The number of aryl methyl sites for hydroxylation is 1. The predicted octanol–water partition coefficient (Wildman–Crippen LogP) is 2.44. The summed E-state index contributed by atoms with van der Waals surface area (Å²) < 4.78 is 11.1. The van der Waals surface area contributed by atoms with Gasteiger partial charge in [0.2, 0.25) is 0 Å². The summed E-state index contributed by atoms with van der Waals surface area (Å²) in [6, 6.07) is 8.21. The Bertz CT molecular complexity index is 317. The molecule has 0 radical (unpaired) electrons. The van der Waals surface area contributed by atoms with E-state index >= 15 is 0 Å². The second kappa shape index (κ2) is 6.62. The fourth-order valence-corrected chi connectivity index (χ4v) is 1.94. The maximum absolute atomic E-state index is 5.68. The van der Waals surface area contributed by atoms with Crippen LogP contribution in [-0.4, -0.2) is 37.9 Å². The minimum atomic E-state index is 0.777. The molecular weight excluding hydrogens is 214 g/mol. The number of nitrogens with zero attached hydrogens (tertiary/aromatic N) is 1. The van der Waals surface area contributed by atoms with Crippen molar-refractivity contribution in [1.82, 2.24) is 4.90 Å². The minimum Gasteiger partial charge on any atom is -0.494 e. The van der Waals surface area contributed by atoms with E-state index in [1.165, 1.54) is 5.56 Å². The van der Waals surface area contributed by atoms with E-state index in [0.29, 0.717) is 0 Å². The van der Waals surface area contributed by atoms with Crippen LogP contribution in [0.15, 0.2) is 24.3 Å². The fourth-order valence-electron chi connectivity index (χ4n) is 1.94. The first kappa shape index (κ1) is 12.4. The molecular formula is C14H21NO2. The van der Waals surface area contributed by atoms with Crippen LogP contribution in [0.5, 0.6) is 5.75 Å². The zero-order chi connectivity index (χ0) is 11.9. The Morgan fingerprint density at radius 2 is 2.12 bits per heavy atom. The molecule has 1 heterocycles. The lowest BCUT2D eigenvalue weighted by molar-refractivity contribution is -0.0149. The molecule has 0 spiro atoms. The van der Waals surface area contributed by atoms with E-state index in [1.807, 2.05) is 12.1 Å². The summed E-state index contributed by atoms with van der Waals surface area (Å²) in [6.07, 6.45) is 2.20. The van der Waals surface area contributed by atoms with Gasteiger partial charge in [-0.3, -0.25) is 4.90 Å². The number of hydrogen-bond donors (Lipinski definition) is 0. The van der Waals surface area contributed by atoms with Crippen LogP contribution in [0.2, 0.25) is 0 Å². The molecule has 3 heteroatoms. The summed E-state index contributed by atoms with van der Waals surface area (Å²) in [6.45, 7) is 6.77. The Morgan fingerprint density at radius 3 is 2.82 bits per heavy atom. The van der Waals surface area contributed by atoms with E-state index < -0.39 is 0 Å². The van der Waals surface area contributed by atoms with Crippen LogP contribution in [0.3, 0.4) is 0 Å². The van der Waals surface area contributed by atoms with Gasteiger partial charge in [0.15, 0.2) is 0 Å². The van der Waals surface area contributed by atoms with Gasteiger partial charge < -0.3 is 9.47 Å². The summed E-state index contributed by atoms with van der Waals surface area (Å²) in [5.41, 5.74) is 1.27. The first-order valence-electron chi connectivity index (χ1n) is 6.34. The average molecular weight is 235 g/mol. The Hall–Kier alpha value is -1.06. The Morgan fingerprint density at radius 1 is 1.29 bits per heavy atom. The Kier molecular flexibility index (Phi) is 4.83. The van der Waals surface area contributed by atoms with Gasteiger partial charge in [0, 0.05) is 19.7 Å².